The minimum Gasteiger partial charge on any atom is -0.490 e. The zero-order valence-corrected chi connectivity index (χ0v) is 10.4. The number of rotatable bonds is 5. The van der Waals surface area contributed by atoms with E-state index in [1.165, 1.54) is 0 Å². The molecule has 1 aromatic carbocycles. The van der Waals surface area contributed by atoms with Crippen molar-refractivity contribution in [2.45, 2.75) is 25.3 Å². The van der Waals surface area contributed by atoms with Crippen molar-refractivity contribution in [2.75, 3.05) is 13.2 Å². The molecule has 1 saturated carbocycles. The second kappa shape index (κ2) is 6.40. The zero-order chi connectivity index (χ0) is 12.8. The minimum atomic E-state index is -0.139. The number of ether oxygens (including phenoxy) is 2. The molecule has 1 aromatic rings. The number of carbonyl (C=O) groups is 1. The van der Waals surface area contributed by atoms with Crippen LogP contribution in [0.1, 0.15) is 19.3 Å². The van der Waals surface area contributed by atoms with E-state index in [9.17, 15) is 4.79 Å². The first-order valence-corrected chi connectivity index (χ1v) is 6.36. The van der Waals surface area contributed by atoms with E-state index in [0.717, 1.165) is 25.0 Å². The van der Waals surface area contributed by atoms with E-state index in [-0.39, 0.29) is 17.9 Å². The van der Waals surface area contributed by atoms with Crippen LogP contribution in [0.25, 0.3) is 0 Å². The van der Waals surface area contributed by atoms with Crippen LogP contribution in [0.3, 0.4) is 0 Å². The molecule has 2 N–H and O–H groups in total. The maximum atomic E-state index is 11.7. The molecule has 0 heterocycles. The van der Waals surface area contributed by atoms with Crippen molar-refractivity contribution in [3.63, 3.8) is 0 Å². The second-order valence-electron chi connectivity index (χ2n) is 4.60. The Labute approximate surface area is 107 Å². The van der Waals surface area contributed by atoms with Gasteiger partial charge < -0.3 is 15.2 Å². The van der Waals surface area contributed by atoms with Gasteiger partial charge in [-0.05, 0) is 31.4 Å². The predicted molar refractivity (Wildman–Crippen MR) is 68.2 cm³/mol. The molecule has 0 bridgehead atoms. The van der Waals surface area contributed by atoms with Crippen LogP contribution in [-0.4, -0.2) is 25.2 Å². The molecule has 18 heavy (non-hydrogen) atoms. The molecular formula is C14H19NO3. The van der Waals surface area contributed by atoms with Gasteiger partial charge in [-0.1, -0.05) is 18.2 Å². The normalized spacial score (nSPS) is 22.7. The summed E-state index contributed by atoms with van der Waals surface area (Å²) >= 11 is 0. The molecule has 0 amide bonds. The van der Waals surface area contributed by atoms with Crippen molar-refractivity contribution in [1.82, 2.24) is 0 Å². The number of carbonyl (C=O) groups excluding carboxylic acids is 1. The molecule has 0 unspecified atom stereocenters. The fraction of sp³-hybridized carbons (Fsp3) is 0.500. The summed E-state index contributed by atoms with van der Waals surface area (Å²) in [5.41, 5.74) is 5.76. The lowest BCUT2D eigenvalue weighted by molar-refractivity contribution is -0.149. The summed E-state index contributed by atoms with van der Waals surface area (Å²) in [6, 6.07) is 9.64. The highest BCUT2D eigenvalue weighted by Gasteiger charge is 2.28. The summed E-state index contributed by atoms with van der Waals surface area (Å²) in [5.74, 6) is 0.632. The highest BCUT2D eigenvalue weighted by molar-refractivity contribution is 5.72. The summed E-state index contributed by atoms with van der Waals surface area (Å²) in [6.45, 7) is 0.675. The number of para-hydroxylation sites is 1. The van der Waals surface area contributed by atoms with Crippen LogP contribution in [0.4, 0.5) is 0 Å². The van der Waals surface area contributed by atoms with Crippen LogP contribution in [-0.2, 0) is 9.53 Å². The molecule has 0 radical (unpaired) electrons. The Balaban J connectivity index is 1.62. The number of esters is 1. The first-order chi connectivity index (χ1) is 8.75. The third kappa shape index (κ3) is 3.74. The summed E-state index contributed by atoms with van der Waals surface area (Å²) in [4.78, 5) is 11.7. The fourth-order valence-corrected chi connectivity index (χ4v) is 2.17. The Hall–Kier alpha value is -1.55. The Morgan fingerprint density at radius 1 is 1.22 bits per heavy atom. The van der Waals surface area contributed by atoms with Gasteiger partial charge in [-0.25, -0.2) is 0 Å². The summed E-state index contributed by atoms with van der Waals surface area (Å²) in [6.07, 6.45) is 2.51. The van der Waals surface area contributed by atoms with Gasteiger partial charge in [0.25, 0.3) is 0 Å². The van der Waals surface area contributed by atoms with Crippen molar-refractivity contribution in [2.24, 2.45) is 11.7 Å². The third-order valence-corrected chi connectivity index (χ3v) is 3.15. The van der Waals surface area contributed by atoms with Crippen molar-refractivity contribution in [1.29, 1.82) is 0 Å². The molecule has 1 aliphatic rings. The Kier molecular flexibility index (Phi) is 4.59. The van der Waals surface area contributed by atoms with E-state index < -0.39 is 0 Å². The molecule has 0 spiro atoms. The van der Waals surface area contributed by atoms with Crippen LogP contribution in [0.5, 0.6) is 5.75 Å². The fourth-order valence-electron chi connectivity index (χ4n) is 2.17. The quantitative estimate of drug-likeness (QED) is 0.637. The van der Waals surface area contributed by atoms with Gasteiger partial charge in [-0.15, -0.1) is 0 Å². The van der Waals surface area contributed by atoms with Gasteiger partial charge in [0, 0.05) is 6.04 Å². The lowest BCUT2D eigenvalue weighted by Gasteiger charge is -2.10. The van der Waals surface area contributed by atoms with Gasteiger partial charge in [0.05, 0.1) is 5.92 Å². The van der Waals surface area contributed by atoms with Crippen LogP contribution < -0.4 is 10.5 Å². The average molecular weight is 249 g/mol. The first kappa shape index (κ1) is 12.9. The predicted octanol–water partition coefficient (Wildman–Crippen LogP) is 1.74. The number of hydrogen-bond acceptors (Lipinski definition) is 4. The highest BCUT2D eigenvalue weighted by Crippen LogP contribution is 2.25. The van der Waals surface area contributed by atoms with E-state index >= 15 is 0 Å². The smallest absolute Gasteiger partial charge is 0.309 e. The molecule has 0 aromatic heterocycles. The van der Waals surface area contributed by atoms with Crippen LogP contribution in [0.15, 0.2) is 30.3 Å². The molecule has 2 rings (SSSR count). The average Bonchev–Trinajstić information content (AvgIpc) is 2.82. The Morgan fingerprint density at radius 3 is 2.67 bits per heavy atom. The minimum absolute atomic E-state index is 0.0169. The van der Waals surface area contributed by atoms with Crippen molar-refractivity contribution >= 4 is 5.97 Å². The Bertz CT molecular complexity index is 380. The van der Waals surface area contributed by atoms with Crippen LogP contribution in [0.2, 0.25) is 0 Å². The number of benzene rings is 1. The standard InChI is InChI=1S/C14H19NO3/c15-12-7-6-11(10-12)14(16)18-9-8-17-13-4-2-1-3-5-13/h1-5,11-12H,6-10,15H2/t11-,12+/m1/s1. The molecule has 0 aliphatic heterocycles. The van der Waals surface area contributed by atoms with Crippen molar-refractivity contribution in [3.05, 3.63) is 30.3 Å². The van der Waals surface area contributed by atoms with Gasteiger partial charge >= 0.3 is 5.97 Å². The highest BCUT2D eigenvalue weighted by atomic mass is 16.6. The van der Waals surface area contributed by atoms with Gasteiger partial charge in [-0.2, -0.15) is 0 Å². The van der Waals surface area contributed by atoms with Crippen LogP contribution >= 0.6 is 0 Å². The molecule has 4 heteroatoms. The number of nitrogens with two attached hydrogens (primary N) is 1. The van der Waals surface area contributed by atoms with E-state index in [0.29, 0.717) is 13.2 Å². The van der Waals surface area contributed by atoms with Crippen molar-refractivity contribution in [3.8, 4) is 5.75 Å². The van der Waals surface area contributed by atoms with E-state index in [4.69, 9.17) is 15.2 Å². The summed E-state index contributed by atoms with van der Waals surface area (Å²) in [5, 5.41) is 0. The maximum Gasteiger partial charge on any atom is 0.309 e. The third-order valence-electron chi connectivity index (χ3n) is 3.15. The molecule has 2 atom stereocenters. The SMILES string of the molecule is N[C@H]1CC[C@@H](C(=O)OCCOc2ccccc2)C1. The summed E-state index contributed by atoms with van der Waals surface area (Å²) in [7, 11) is 0. The molecule has 0 saturated heterocycles. The maximum absolute atomic E-state index is 11.7. The van der Waals surface area contributed by atoms with E-state index in [2.05, 4.69) is 0 Å². The first-order valence-electron chi connectivity index (χ1n) is 6.36. The van der Waals surface area contributed by atoms with E-state index in [1.807, 2.05) is 30.3 Å². The second-order valence-corrected chi connectivity index (χ2v) is 4.60. The van der Waals surface area contributed by atoms with Crippen molar-refractivity contribution < 1.29 is 14.3 Å². The topological polar surface area (TPSA) is 61.6 Å². The van der Waals surface area contributed by atoms with Gasteiger partial charge in [0.2, 0.25) is 0 Å². The van der Waals surface area contributed by atoms with Gasteiger partial charge in [-0.3, -0.25) is 4.79 Å². The molecule has 1 aliphatic carbocycles. The largest absolute Gasteiger partial charge is 0.490 e. The lowest BCUT2D eigenvalue weighted by Crippen LogP contribution is -2.21. The lowest BCUT2D eigenvalue weighted by atomic mass is 10.1. The Morgan fingerprint density at radius 2 is 2.00 bits per heavy atom. The van der Waals surface area contributed by atoms with Crippen LogP contribution in [0, 0.1) is 5.92 Å². The summed E-state index contributed by atoms with van der Waals surface area (Å²) < 4.78 is 10.6. The van der Waals surface area contributed by atoms with Gasteiger partial charge in [0.1, 0.15) is 19.0 Å². The molecule has 4 nitrogen and oxygen atoms in total. The monoisotopic (exact) mass is 249 g/mol. The number of hydrogen-bond donors (Lipinski definition) is 1. The molecular weight excluding hydrogens is 230 g/mol. The van der Waals surface area contributed by atoms with E-state index in [1.54, 1.807) is 0 Å². The molecule has 98 valence electrons. The zero-order valence-electron chi connectivity index (χ0n) is 10.4. The molecule has 1 fully saturated rings. The van der Waals surface area contributed by atoms with Gasteiger partial charge in [0.15, 0.2) is 0 Å².